The second kappa shape index (κ2) is 8.77. The van der Waals surface area contributed by atoms with Crippen molar-refractivity contribution in [2.45, 2.75) is 39.5 Å². The molecule has 0 saturated carbocycles. The van der Waals surface area contributed by atoms with E-state index in [2.05, 4.69) is 31.3 Å². The van der Waals surface area contributed by atoms with Crippen molar-refractivity contribution in [2.24, 2.45) is 11.8 Å². The molecule has 0 radical (unpaired) electrons. The zero-order valence-electron chi connectivity index (χ0n) is 10.9. The van der Waals surface area contributed by atoms with Gasteiger partial charge in [0.05, 0.1) is 13.2 Å². The van der Waals surface area contributed by atoms with Crippen molar-refractivity contribution in [3.05, 3.63) is 12.2 Å². The fourth-order valence-corrected chi connectivity index (χ4v) is 2.04. The first-order valence-corrected chi connectivity index (χ1v) is 6.78. The van der Waals surface area contributed by atoms with E-state index in [0.717, 1.165) is 38.1 Å². The molecule has 0 spiro atoms. The van der Waals surface area contributed by atoms with Gasteiger partial charge in [-0.15, -0.1) is 0 Å². The lowest BCUT2D eigenvalue weighted by Gasteiger charge is -2.24. The molecule has 16 heavy (non-hydrogen) atoms. The van der Waals surface area contributed by atoms with Gasteiger partial charge in [-0.1, -0.05) is 32.4 Å². The number of allylic oxidation sites excluding steroid dienone is 2. The van der Waals surface area contributed by atoms with Crippen LogP contribution in [-0.4, -0.2) is 26.3 Å². The summed E-state index contributed by atoms with van der Waals surface area (Å²) in [6.45, 7) is 8.46. The summed E-state index contributed by atoms with van der Waals surface area (Å²) in [6.07, 6.45) is 9.55. The molecule has 1 aliphatic carbocycles. The monoisotopic (exact) mass is 225 g/mol. The molecule has 0 aromatic rings. The van der Waals surface area contributed by atoms with Gasteiger partial charge in [0.25, 0.3) is 0 Å². The summed E-state index contributed by atoms with van der Waals surface area (Å²) >= 11 is 0. The number of hydrogen-bond donors (Lipinski definition) is 1. The fraction of sp³-hybridized carbons (Fsp3) is 0.857. The van der Waals surface area contributed by atoms with E-state index in [9.17, 15) is 0 Å². The van der Waals surface area contributed by atoms with Gasteiger partial charge in [-0.2, -0.15) is 0 Å². The number of unbranched alkanes of at least 4 members (excludes halogenated alkanes) is 1. The van der Waals surface area contributed by atoms with E-state index < -0.39 is 0 Å². The molecule has 2 atom stereocenters. The van der Waals surface area contributed by atoms with E-state index in [-0.39, 0.29) is 0 Å². The highest BCUT2D eigenvalue weighted by Crippen LogP contribution is 2.24. The first kappa shape index (κ1) is 13.7. The lowest BCUT2D eigenvalue weighted by atomic mass is 9.85. The largest absolute Gasteiger partial charge is 0.380 e. The average molecular weight is 225 g/mol. The SMILES string of the molecule is CCCCNCCOCC1CC=CCC1C. The topological polar surface area (TPSA) is 21.3 Å². The van der Waals surface area contributed by atoms with E-state index in [1.807, 2.05) is 0 Å². The van der Waals surface area contributed by atoms with Crippen LogP contribution >= 0.6 is 0 Å². The summed E-state index contributed by atoms with van der Waals surface area (Å²) in [7, 11) is 0. The second-order valence-electron chi connectivity index (χ2n) is 4.86. The Hall–Kier alpha value is -0.340. The Balaban J connectivity index is 1.92. The number of ether oxygens (including phenoxy) is 1. The normalized spacial score (nSPS) is 24.9. The number of rotatable bonds is 8. The maximum atomic E-state index is 5.73. The lowest BCUT2D eigenvalue weighted by Crippen LogP contribution is -2.24. The molecule has 0 fully saturated rings. The summed E-state index contributed by atoms with van der Waals surface area (Å²) < 4.78 is 5.73. The summed E-state index contributed by atoms with van der Waals surface area (Å²) in [4.78, 5) is 0. The van der Waals surface area contributed by atoms with Crippen molar-refractivity contribution >= 4 is 0 Å². The summed E-state index contributed by atoms with van der Waals surface area (Å²) in [5, 5.41) is 3.40. The third kappa shape index (κ3) is 5.66. The third-order valence-corrected chi connectivity index (χ3v) is 3.38. The van der Waals surface area contributed by atoms with Crippen molar-refractivity contribution in [2.75, 3.05) is 26.3 Å². The Morgan fingerprint density at radius 3 is 2.81 bits per heavy atom. The Morgan fingerprint density at radius 2 is 2.06 bits per heavy atom. The van der Waals surface area contributed by atoms with Gasteiger partial charge in [0.1, 0.15) is 0 Å². The second-order valence-corrected chi connectivity index (χ2v) is 4.86. The molecular formula is C14H27NO. The average Bonchev–Trinajstić information content (AvgIpc) is 2.30. The number of hydrogen-bond acceptors (Lipinski definition) is 2. The van der Waals surface area contributed by atoms with Gasteiger partial charge in [-0.05, 0) is 37.6 Å². The van der Waals surface area contributed by atoms with Crippen LogP contribution in [0.2, 0.25) is 0 Å². The molecular weight excluding hydrogens is 198 g/mol. The highest BCUT2D eigenvalue weighted by atomic mass is 16.5. The predicted octanol–water partition coefficient (Wildman–Crippen LogP) is 3.00. The van der Waals surface area contributed by atoms with Crippen molar-refractivity contribution < 1.29 is 4.74 Å². The van der Waals surface area contributed by atoms with E-state index >= 15 is 0 Å². The molecule has 2 heteroatoms. The van der Waals surface area contributed by atoms with Crippen molar-refractivity contribution in [3.63, 3.8) is 0 Å². The van der Waals surface area contributed by atoms with Crippen LogP contribution in [-0.2, 0) is 4.74 Å². The van der Waals surface area contributed by atoms with Crippen LogP contribution in [0.15, 0.2) is 12.2 Å². The minimum Gasteiger partial charge on any atom is -0.380 e. The molecule has 1 aliphatic rings. The van der Waals surface area contributed by atoms with E-state index in [0.29, 0.717) is 0 Å². The van der Waals surface area contributed by atoms with Gasteiger partial charge in [0.2, 0.25) is 0 Å². The Morgan fingerprint density at radius 1 is 1.25 bits per heavy atom. The molecule has 0 aliphatic heterocycles. The van der Waals surface area contributed by atoms with Gasteiger partial charge in [-0.3, -0.25) is 0 Å². The smallest absolute Gasteiger partial charge is 0.0591 e. The third-order valence-electron chi connectivity index (χ3n) is 3.38. The summed E-state index contributed by atoms with van der Waals surface area (Å²) in [6, 6.07) is 0. The van der Waals surface area contributed by atoms with Crippen LogP contribution in [0.25, 0.3) is 0 Å². The molecule has 1 N–H and O–H groups in total. The molecule has 0 bridgehead atoms. The van der Waals surface area contributed by atoms with E-state index in [1.54, 1.807) is 0 Å². The van der Waals surface area contributed by atoms with Gasteiger partial charge < -0.3 is 10.1 Å². The maximum Gasteiger partial charge on any atom is 0.0591 e. The van der Waals surface area contributed by atoms with Crippen LogP contribution in [0, 0.1) is 11.8 Å². The summed E-state index contributed by atoms with van der Waals surface area (Å²) in [5.74, 6) is 1.53. The molecule has 2 unspecified atom stereocenters. The van der Waals surface area contributed by atoms with Crippen LogP contribution in [0.1, 0.15) is 39.5 Å². The lowest BCUT2D eigenvalue weighted by molar-refractivity contribution is 0.0809. The highest BCUT2D eigenvalue weighted by molar-refractivity contribution is 4.93. The van der Waals surface area contributed by atoms with Gasteiger partial charge in [0.15, 0.2) is 0 Å². The summed E-state index contributed by atoms with van der Waals surface area (Å²) in [5.41, 5.74) is 0. The molecule has 0 heterocycles. The number of nitrogens with one attached hydrogen (secondary N) is 1. The van der Waals surface area contributed by atoms with Crippen LogP contribution in [0.3, 0.4) is 0 Å². The van der Waals surface area contributed by atoms with Crippen molar-refractivity contribution in [1.82, 2.24) is 5.32 Å². The van der Waals surface area contributed by atoms with E-state index in [1.165, 1.54) is 25.7 Å². The van der Waals surface area contributed by atoms with Gasteiger partial charge in [-0.25, -0.2) is 0 Å². The van der Waals surface area contributed by atoms with Crippen molar-refractivity contribution in [3.8, 4) is 0 Å². The van der Waals surface area contributed by atoms with Crippen LogP contribution in [0.4, 0.5) is 0 Å². The van der Waals surface area contributed by atoms with Gasteiger partial charge in [0, 0.05) is 6.54 Å². The molecule has 2 nitrogen and oxygen atoms in total. The molecule has 0 aromatic carbocycles. The first-order chi connectivity index (χ1) is 7.84. The molecule has 0 saturated heterocycles. The van der Waals surface area contributed by atoms with Crippen LogP contribution in [0.5, 0.6) is 0 Å². The van der Waals surface area contributed by atoms with E-state index in [4.69, 9.17) is 4.74 Å². The Bertz CT molecular complexity index is 191. The van der Waals surface area contributed by atoms with Crippen LogP contribution < -0.4 is 5.32 Å². The molecule has 0 aromatic heterocycles. The molecule has 0 amide bonds. The Kier molecular flexibility index (Phi) is 7.52. The maximum absolute atomic E-state index is 5.73. The minimum atomic E-state index is 0.737. The zero-order valence-corrected chi connectivity index (χ0v) is 10.9. The minimum absolute atomic E-state index is 0.737. The quantitative estimate of drug-likeness (QED) is 0.506. The van der Waals surface area contributed by atoms with Gasteiger partial charge >= 0.3 is 0 Å². The Labute approximate surface area is 100 Å². The highest BCUT2D eigenvalue weighted by Gasteiger charge is 2.17. The van der Waals surface area contributed by atoms with Crippen molar-refractivity contribution in [1.29, 1.82) is 0 Å². The standard InChI is InChI=1S/C14H27NO/c1-3-4-9-15-10-11-16-12-14-8-6-5-7-13(14)2/h5-6,13-15H,3-4,7-12H2,1-2H3. The first-order valence-electron chi connectivity index (χ1n) is 6.78. The molecule has 1 rings (SSSR count). The zero-order chi connectivity index (χ0) is 11.6. The fourth-order valence-electron chi connectivity index (χ4n) is 2.04. The predicted molar refractivity (Wildman–Crippen MR) is 69.6 cm³/mol. The molecule has 94 valence electrons.